The molecule has 0 unspecified atom stereocenters. The average molecular weight is 299 g/mol. The van der Waals surface area contributed by atoms with Crippen molar-refractivity contribution < 1.29 is 22.3 Å². The van der Waals surface area contributed by atoms with Crippen molar-refractivity contribution in [3.63, 3.8) is 0 Å². The molecule has 0 amide bonds. The van der Waals surface area contributed by atoms with Crippen LogP contribution in [0.1, 0.15) is 5.56 Å². The number of rotatable bonds is 4. The molecule has 0 aromatic heterocycles. The molecule has 0 aliphatic rings. The molecule has 0 heterocycles. The fraction of sp³-hybridized carbons (Fsp3) is 0.0769. The van der Waals surface area contributed by atoms with Gasteiger partial charge in [0.05, 0.1) is 17.2 Å². The summed E-state index contributed by atoms with van der Waals surface area (Å²) >= 11 is 0. The molecule has 0 atom stereocenters. The third-order valence-corrected chi connectivity index (χ3v) is 3.93. The van der Waals surface area contributed by atoms with Gasteiger partial charge < -0.3 is 5.11 Å². The van der Waals surface area contributed by atoms with Gasteiger partial charge in [-0.15, -0.1) is 0 Å². The van der Waals surface area contributed by atoms with E-state index < -0.39 is 27.3 Å². The van der Waals surface area contributed by atoms with Gasteiger partial charge in [0.1, 0.15) is 11.6 Å². The SMILES string of the molecule is O=S(=O)(Nc1cc(F)ccc1F)c1cccc(CO)c1. The highest BCUT2D eigenvalue weighted by atomic mass is 32.2. The van der Waals surface area contributed by atoms with Gasteiger partial charge in [-0.05, 0) is 29.8 Å². The first kappa shape index (κ1) is 14.4. The lowest BCUT2D eigenvalue weighted by Crippen LogP contribution is -2.14. The third kappa shape index (κ3) is 3.12. The van der Waals surface area contributed by atoms with E-state index in [4.69, 9.17) is 5.11 Å². The third-order valence-electron chi connectivity index (χ3n) is 2.56. The van der Waals surface area contributed by atoms with E-state index in [-0.39, 0.29) is 11.5 Å². The predicted octanol–water partition coefficient (Wildman–Crippen LogP) is 2.26. The Kier molecular flexibility index (Phi) is 4.01. The summed E-state index contributed by atoms with van der Waals surface area (Å²) in [5.41, 5.74) is -0.0769. The van der Waals surface area contributed by atoms with E-state index >= 15 is 0 Å². The lowest BCUT2D eigenvalue weighted by molar-refractivity contribution is 0.281. The zero-order valence-corrected chi connectivity index (χ0v) is 11.0. The summed E-state index contributed by atoms with van der Waals surface area (Å²) in [5.74, 6) is -1.64. The number of halogens is 2. The van der Waals surface area contributed by atoms with Crippen LogP contribution in [-0.2, 0) is 16.6 Å². The molecule has 0 aliphatic carbocycles. The van der Waals surface area contributed by atoms with Gasteiger partial charge in [-0.2, -0.15) is 0 Å². The average Bonchev–Trinajstić information content (AvgIpc) is 2.43. The van der Waals surface area contributed by atoms with Crippen molar-refractivity contribution in [3.05, 3.63) is 59.7 Å². The highest BCUT2D eigenvalue weighted by Crippen LogP contribution is 2.20. The van der Waals surface area contributed by atoms with Gasteiger partial charge in [0, 0.05) is 6.07 Å². The predicted molar refractivity (Wildman–Crippen MR) is 69.5 cm³/mol. The highest BCUT2D eigenvalue weighted by Gasteiger charge is 2.17. The molecule has 0 fully saturated rings. The van der Waals surface area contributed by atoms with Crippen LogP contribution in [0.15, 0.2) is 47.4 Å². The van der Waals surface area contributed by atoms with Crippen molar-refractivity contribution in [1.29, 1.82) is 0 Å². The van der Waals surface area contributed by atoms with E-state index in [9.17, 15) is 17.2 Å². The number of nitrogens with one attached hydrogen (secondary N) is 1. The van der Waals surface area contributed by atoms with E-state index in [0.29, 0.717) is 5.56 Å². The van der Waals surface area contributed by atoms with Crippen LogP contribution >= 0.6 is 0 Å². The van der Waals surface area contributed by atoms with Crippen LogP contribution in [-0.4, -0.2) is 13.5 Å². The maximum atomic E-state index is 13.4. The second kappa shape index (κ2) is 5.56. The zero-order valence-electron chi connectivity index (χ0n) is 10.2. The van der Waals surface area contributed by atoms with E-state index in [0.717, 1.165) is 18.2 Å². The number of anilines is 1. The highest BCUT2D eigenvalue weighted by molar-refractivity contribution is 7.92. The number of hydrogen-bond donors (Lipinski definition) is 2. The summed E-state index contributed by atoms with van der Waals surface area (Å²) in [5, 5.41) is 8.97. The van der Waals surface area contributed by atoms with Gasteiger partial charge in [0.15, 0.2) is 0 Å². The molecule has 106 valence electrons. The molecule has 7 heteroatoms. The molecule has 2 aromatic carbocycles. The summed E-state index contributed by atoms with van der Waals surface area (Å²) in [6.07, 6.45) is 0. The summed E-state index contributed by atoms with van der Waals surface area (Å²) < 4.78 is 52.5. The van der Waals surface area contributed by atoms with E-state index in [2.05, 4.69) is 0 Å². The van der Waals surface area contributed by atoms with Crippen LogP contribution in [0.25, 0.3) is 0 Å². The minimum atomic E-state index is -4.05. The monoisotopic (exact) mass is 299 g/mol. The molecule has 20 heavy (non-hydrogen) atoms. The number of aliphatic hydroxyl groups excluding tert-OH is 1. The molecular weight excluding hydrogens is 288 g/mol. The number of sulfonamides is 1. The Labute approximate surface area is 114 Å². The maximum absolute atomic E-state index is 13.4. The Morgan fingerprint density at radius 3 is 2.55 bits per heavy atom. The van der Waals surface area contributed by atoms with Gasteiger partial charge in [-0.25, -0.2) is 17.2 Å². The minimum Gasteiger partial charge on any atom is -0.392 e. The van der Waals surface area contributed by atoms with Crippen molar-refractivity contribution in [2.24, 2.45) is 0 Å². The Morgan fingerprint density at radius 2 is 1.85 bits per heavy atom. The van der Waals surface area contributed by atoms with Crippen LogP contribution in [0.5, 0.6) is 0 Å². The maximum Gasteiger partial charge on any atom is 0.261 e. The van der Waals surface area contributed by atoms with Gasteiger partial charge in [0.2, 0.25) is 0 Å². The molecule has 0 aliphatic heterocycles. The fourth-order valence-corrected chi connectivity index (χ4v) is 2.72. The molecule has 0 radical (unpaired) electrons. The molecule has 0 saturated heterocycles. The lowest BCUT2D eigenvalue weighted by Gasteiger charge is -2.09. The van der Waals surface area contributed by atoms with Crippen LogP contribution in [0.4, 0.5) is 14.5 Å². The van der Waals surface area contributed by atoms with Crippen LogP contribution < -0.4 is 4.72 Å². The van der Waals surface area contributed by atoms with Gasteiger partial charge in [0.25, 0.3) is 10.0 Å². The lowest BCUT2D eigenvalue weighted by atomic mass is 10.2. The quantitative estimate of drug-likeness (QED) is 0.910. The second-order valence-corrected chi connectivity index (χ2v) is 5.72. The molecule has 0 saturated carbocycles. The summed E-state index contributed by atoms with van der Waals surface area (Å²) in [6, 6.07) is 8.00. The summed E-state index contributed by atoms with van der Waals surface area (Å²) in [7, 11) is -4.05. The van der Waals surface area contributed by atoms with Crippen LogP contribution in [0.2, 0.25) is 0 Å². The first-order valence-electron chi connectivity index (χ1n) is 5.60. The fourth-order valence-electron chi connectivity index (χ4n) is 1.59. The van der Waals surface area contributed by atoms with Crippen LogP contribution in [0.3, 0.4) is 0 Å². The van der Waals surface area contributed by atoms with Crippen molar-refractivity contribution in [1.82, 2.24) is 0 Å². The first-order valence-corrected chi connectivity index (χ1v) is 7.08. The Balaban J connectivity index is 2.38. The van der Waals surface area contributed by atoms with E-state index in [1.165, 1.54) is 18.2 Å². The molecule has 0 spiro atoms. The van der Waals surface area contributed by atoms with Gasteiger partial charge in [-0.3, -0.25) is 4.72 Å². The molecular formula is C13H11F2NO3S. The Morgan fingerprint density at radius 1 is 1.10 bits per heavy atom. The number of benzene rings is 2. The first-order chi connectivity index (χ1) is 9.42. The second-order valence-electron chi connectivity index (χ2n) is 4.04. The zero-order chi connectivity index (χ0) is 14.8. The molecule has 2 rings (SSSR count). The van der Waals surface area contributed by atoms with Crippen molar-refractivity contribution >= 4 is 15.7 Å². The van der Waals surface area contributed by atoms with Crippen molar-refractivity contribution in [2.45, 2.75) is 11.5 Å². The smallest absolute Gasteiger partial charge is 0.261 e. The number of hydrogen-bond acceptors (Lipinski definition) is 3. The summed E-state index contributed by atoms with van der Waals surface area (Å²) in [6.45, 7) is -0.322. The normalized spacial score (nSPS) is 11.3. The van der Waals surface area contributed by atoms with Gasteiger partial charge >= 0.3 is 0 Å². The largest absolute Gasteiger partial charge is 0.392 e. The molecule has 2 aromatic rings. The topological polar surface area (TPSA) is 66.4 Å². The molecule has 2 N–H and O–H groups in total. The van der Waals surface area contributed by atoms with E-state index in [1.807, 2.05) is 4.72 Å². The van der Waals surface area contributed by atoms with Crippen molar-refractivity contribution in [2.75, 3.05) is 4.72 Å². The summed E-state index contributed by atoms with van der Waals surface area (Å²) in [4.78, 5) is -0.146. The Bertz CT molecular complexity index is 732. The van der Waals surface area contributed by atoms with Crippen LogP contribution in [0, 0.1) is 11.6 Å². The minimum absolute atomic E-state index is 0.146. The van der Waals surface area contributed by atoms with E-state index in [1.54, 1.807) is 6.07 Å². The molecule has 0 bridgehead atoms. The van der Waals surface area contributed by atoms with Gasteiger partial charge in [-0.1, -0.05) is 12.1 Å². The standard InChI is InChI=1S/C13H11F2NO3S/c14-10-4-5-12(15)13(7-10)16-20(18,19)11-3-1-2-9(6-11)8-17/h1-7,16-17H,8H2. The Hall–Kier alpha value is -1.99. The van der Waals surface area contributed by atoms with Crippen molar-refractivity contribution in [3.8, 4) is 0 Å². The number of aliphatic hydroxyl groups is 1. The molecule has 4 nitrogen and oxygen atoms in total.